The van der Waals surface area contributed by atoms with Gasteiger partial charge in [0, 0.05) is 25.2 Å². The molecule has 2 rings (SSSR count). The lowest BCUT2D eigenvalue weighted by Gasteiger charge is -2.26. The fraction of sp³-hybridized carbons (Fsp3) is 0.333. The van der Waals surface area contributed by atoms with Crippen LogP contribution < -0.4 is 11.1 Å². The molecule has 0 spiro atoms. The SMILES string of the molecule is NC(=S)c1cc(F)cc(CN2CCNC(=O)C2)c1. The van der Waals surface area contributed by atoms with Crippen LogP contribution in [0.5, 0.6) is 0 Å². The molecule has 0 saturated carbocycles. The molecule has 0 aliphatic carbocycles. The highest BCUT2D eigenvalue weighted by Crippen LogP contribution is 2.12. The Balaban J connectivity index is 2.13. The number of piperazine rings is 1. The predicted molar refractivity (Wildman–Crippen MR) is 70.6 cm³/mol. The molecule has 1 aromatic carbocycles. The van der Waals surface area contributed by atoms with E-state index < -0.39 is 0 Å². The molecule has 1 saturated heterocycles. The summed E-state index contributed by atoms with van der Waals surface area (Å²) in [5, 5.41) is 2.74. The van der Waals surface area contributed by atoms with Gasteiger partial charge in [-0.2, -0.15) is 0 Å². The van der Waals surface area contributed by atoms with Crippen molar-refractivity contribution in [2.24, 2.45) is 5.73 Å². The second-order valence-electron chi connectivity index (χ2n) is 4.27. The van der Waals surface area contributed by atoms with Crippen LogP contribution in [0.25, 0.3) is 0 Å². The third-order valence-corrected chi connectivity index (χ3v) is 3.00. The zero-order chi connectivity index (χ0) is 13.1. The number of carbonyl (C=O) groups is 1. The summed E-state index contributed by atoms with van der Waals surface area (Å²) >= 11 is 4.84. The summed E-state index contributed by atoms with van der Waals surface area (Å²) in [6, 6.07) is 4.51. The summed E-state index contributed by atoms with van der Waals surface area (Å²) in [7, 11) is 0. The van der Waals surface area contributed by atoms with E-state index in [2.05, 4.69) is 5.32 Å². The summed E-state index contributed by atoms with van der Waals surface area (Å²) in [5.41, 5.74) is 6.78. The fourth-order valence-corrected chi connectivity index (χ4v) is 2.09. The second kappa shape index (κ2) is 5.41. The Hall–Kier alpha value is -1.53. The topological polar surface area (TPSA) is 58.4 Å². The number of amides is 1. The van der Waals surface area contributed by atoms with Crippen molar-refractivity contribution in [2.45, 2.75) is 6.54 Å². The van der Waals surface area contributed by atoms with E-state index in [0.717, 1.165) is 12.1 Å². The highest BCUT2D eigenvalue weighted by molar-refractivity contribution is 7.80. The zero-order valence-electron chi connectivity index (χ0n) is 9.78. The first kappa shape index (κ1) is 12.9. The molecular weight excluding hydrogens is 253 g/mol. The van der Waals surface area contributed by atoms with Crippen LogP contribution in [0.3, 0.4) is 0 Å². The lowest BCUT2D eigenvalue weighted by atomic mass is 10.1. The van der Waals surface area contributed by atoms with Gasteiger partial charge in [0.2, 0.25) is 5.91 Å². The van der Waals surface area contributed by atoms with E-state index in [9.17, 15) is 9.18 Å². The maximum atomic E-state index is 13.4. The minimum atomic E-state index is -0.364. The number of nitrogens with zero attached hydrogens (tertiary/aromatic N) is 1. The molecule has 6 heteroatoms. The van der Waals surface area contributed by atoms with Crippen LogP contribution in [-0.4, -0.2) is 35.4 Å². The Kier molecular flexibility index (Phi) is 3.88. The third-order valence-electron chi connectivity index (χ3n) is 2.77. The Labute approximate surface area is 110 Å². The van der Waals surface area contributed by atoms with Crippen LogP contribution in [0.4, 0.5) is 4.39 Å². The minimum Gasteiger partial charge on any atom is -0.389 e. The average Bonchev–Trinajstić information content (AvgIpc) is 2.28. The summed E-state index contributed by atoms with van der Waals surface area (Å²) < 4.78 is 13.4. The number of nitrogens with two attached hydrogens (primary N) is 1. The summed E-state index contributed by atoms with van der Waals surface area (Å²) in [4.78, 5) is 13.4. The molecule has 1 amide bonds. The van der Waals surface area contributed by atoms with E-state index in [1.165, 1.54) is 12.1 Å². The van der Waals surface area contributed by atoms with E-state index in [4.69, 9.17) is 18.0 Å². The Morgan fingerprint density at radius 2 is 2.28 bits per heavy atom. The first-order chi connectivity index (χ1) is 8.54. The number of benzene rings is 1. The van der Waals surface area contributed by atoms with Gasteiger partial charge >= 0.3 is 0 Å². The molecule has 1 aromatic rings. The van der Waals surface area contributed by atoms with Crippen molar-refractivity contribution >= 4 is 23.1 Å². The highest BCUT2D eigenvalue weighted by atomic mass is 32.1. The Bertz CT molecular complexity index is 492. The van der Waals surface area contributed by atoms with Gasteiger partial charge in [0.15, 0.2) is 0 Å². The summed E-state index contributed by atoms with van der Waals surface area (Å²) in [6.07, 6.45) is 0. The monoisotopic (exact) mass is 267 g/mol. The molecule has 96 valence electrons. The van der Waals surface area contributed by atoms with E-state index in [1.807, 2.05) is 4.90 Å². The predicted octanol–water partition coefficient (Wildman–Crippen LogP) is 0.392. The summed E-state index contributed by atoms with van der Waals surface area (Å²) in [5.74, 6) is -0.371. The molecule has 1 fully saturated rings. The average molecular weight is 267 g/mol. The van der Waals surface area contributed by atoms with Gasteiger partial charge in [-0.15, -0.1) is 0 Å². The second-order valence-corrected chi connectivity index (χ2v) is 4.71. The first-order valence-corrected chi connectivity index (χ1v) is 6.04. The van der Waals surface area contributed by atoms with Crippen LogP contribution >= 0.6 is 12.2 Å². The molecule has 3 N–H and O–H groups in total. The number of nitrogens with one attached hydrogen (secondary N) is 1. The fourth-order valence-electron chi connectivity index (χ4n) is 1.97. The van der Waals surface area contributed by atoms with E-state index in [1.54, 1.807) is 6.07 Å². The number of thiocarbonyl (C=S) groups is 1. The molecule has 1 heterocycles. The van der Waals surface area contributed by atoms with Crippen molar-refractivity contribution in [2.75, 3.05) is 19.6 Å². The minimum absolute atomic E-state index is 0.00720. The zero-order valence-corrected chi connectivity index (χ0v) is 10.6. The van der Waals surface area contributed by atoms with Gasteiger partial charge < -0.3 is 11.1 Å². The molecule has 18 heavy (non-hydrogen) atoms. The lowest BCUT2D eigenvalue weighted by Crippen LogP contribution is -2.47. The van der Waals surface area contributed by atoms with Crippen molar-refractivity contribution < 1.29 is 9.18 Å². The van der Waals surface area contributed by atoms with Gasteiger partial charge in [0.1, 0.15) is 10.8 Å². The smallest absolute Gasteiger partial charge is 0.234 e. The van der Waals surface area contributed by atoms with Crippen molar-refractivity contribution in [1.29, 1.82) is 0 Å². The molecular formula is C12H14FN3OS. The van der Waals surface area contributed by atoms with Gasteiger partial charge in [-0.25, -0.2) is 4.39 Å². The molecule has 0 aromatic heterocycles. The third kappa shape index (κ3) is 3.24. The molecule has 0 radical (unpaired) electrons. The van der Waals surface area contributed by atoms with Crippen molar-refractivity contribution in [1.82, 2.24) is 10.2 Å². The largest absolute Gasteiger partial charge is 0.389 e. The molecule has 0 bridgehead atoms. The molecule has 1 aliphatic rings. The van der Waals surface area contributed by atoms with Crippen molar-refractivity contribution in [3.8, 4) is 0 Å². The van der Waals surface area contributed by atoms with Gasteiger partial charge in [0.05, 0.1) is 6.54 Å². The van der Waals surface area contributed by atoms with Crippen molar-refractivity contribution in [3.63, 3.8) is 0 Å². The quantitative estimate of drug-likeness (QED) is 0.778. The van der Waals surface area contributed by atoms with Crippen LogP contribution in [0, 0.1) is 5.82 Å². The van der Waals surface area contributed by atoms with E-state index in [0.29, 0.717) is 25.2 Å². The number of carbonyl (C=O) groups excluding carboxylic acids is 1. The molecule has 1 aliphatic heterocycles. The van der Waals surface area contributed by atoms with E-state index >= 15 is 0 Å². The van der Waals surface area contributed by atoms with Gasteiger partial charge in [0.25, 0.3) is 0 Å². The van der Waals surface area contributed by atoms with E-state index in [-0.39, 0.29) is 16.7 Å². The standard InChI is InChI=1S/C12H14FN3OS/c13-10-4-8(3-9(5-10)12(14)18)6-16-2-1-15-11(17)7-16/h3-5H,1-2,6-7H2,(H2,14,18)(H,15,17). The maximum Gasteiger partial charge on any atom is 0.234 e. The highest BCUT2D eigenvalue weighted by Gasteiger charge is 2.16. The molecule has 0 atom stereocenters. The summed E-state index contributed by atoms with van der Waals surface area (Å²) in [6.45, 7) is 2.22. The van der Waals surface area contributed by atoms with Crippen molar-refractivity contribution in [3.05, 3.63) is 35.1 Å². The van der Waals surface area contributed by atoms with Gasteiger partial charge in [-0.1, -0.05) is 12.2 Å². The first-order valence-electron chi connectivity index (χ1n) is 5.63. The Morgan fingerprint density at radius 3 is 2.94 bits per heavy atom. The van der Waals surface area contributed by atoms with Gasteiger partial charge in [-0.3, -0.25) is 9.69 Å². The molecule has 4 nitrogen and oxygen atoms in total. The number of hydrogen-bond acceptors (Lipinski definition) is 3. The van der Waals surface area contributed by atoms with Gasteiger partial charge in [-0.05, 0) is 23.8 Å². The van der Waals surface area contributed by atoms with Crippen LogP contribution in [-0.2, 0) is 11.3 Å². The lowest BCUT2D eigenvalue weighted by molar-refractivity contribution is -0.124. The maximum absolute atomic E-state index is 13.4. The van der Waals surface area contributed by atoms with Crippen LogP contribution in [0.1, 0.15) is 11.1 Å². The Morgan fingerprint density at radius 1 is 1.50 bits per heavy atom. The normalized spacial score (nSPS) is 16.4. The number of halogens is 1. The number of rotatable bonds is 3. The van der Waals surface area contributed by atoms with Crippen LogP contribution in [0.15, 0.2) is 18.2 Å². The molecule has 0 unspecified atom stereocenters. The number of hydrogen-bond donors (Lipinski definition) is 2. The van der Waals surface area contributed by atoms with Crippen LogP contribution in [0.2, 0.25) is 0 Å².